The van der Waals surface area contributed by atoms with Crippen LogP contribution in [0.15, 0.2) is 30.6 Å². The largest absolute Gasteiger partial charge is 0.497 e. The summed E-state index contributed by atoms with van der Waals surface area (Å²) in [6.07, 6.45) is 10.2. The van der Waals surface area contributed by atoms with Crippen molar-refractivity contribution in [3.05, 3.63) is 36.4 Å². The van der Waals surface area contributed by atoms with Gasteiger partial charge in [0.25, 0.3) is 0 Å². The third-order valence-corrected chi connectivity index (χ3v) is 5.79. The predicted octanol–water partition coefficient (Wildman–Crippen LogP) is 3.96. The zero-order valence-corrected chi connectivity index (χ0v) is 14.8. The van der Waals surface area contributed by atoms with Crippen LogP contribution in [0.4, 0.5) is 4.39 Å². The van der Waals surface area contributed by atoms with E-state index in [1.807, 2.05) is 6.20 Å². The number of ether oxygens (including phenoxy) is 1. The van der Waals surface area contributed by atoms with Crippen molar-refractivity contribution in [2.45, 2.75) is 44.7 Å². The highest BCUT2D eigenvalue weighted by atomic mass is 19.1. The predicted molar refractivity (Wildman–Crippen MR) is 96.1 cm³/mol. The average molecular weight is 343 g/mol. The van der Waals surface area contributed by atoms with Gasteiger partial charge in [0.15, 0.2) is 0 Å². The Morgan fingerprint density at radius 2 is 2.08 bits per heavy atom. The molecule has 2 saturated heterocycles. The van der Waals surface area contributed by atoms with Crippen molar-refractivity contribution in [1.29, 1.82) is 0 Å². The molecule has 2 aliphatic rings. The third-order valence-electron chi connectivity index (χ3n) is 5.79. The van der Waals surface area contributed by atoms with Gasteiger partial charge in [0.1, 0.15) is 17.4 Å². The number of rotatable bonds is 4. The summed E-state index contributed by atoms with van der Waals surface area (Å²) in [4.78, 5) is 7.11. The number of methoxy groups -OCH3 is 1. The van der Waals surface area contributed by atoms with Crippen LogP contribution in [0.3, 0.4) is 0 Å². The molecule has 4 nitrogen and oxygen atoms in total. The van der Waals surface area contributed by atoms with E-state index in [1.54, 1.807) is 25.4 Å². The maximum absolute atomic E-state index is 14.4. The Hall–Kier alpha value is -1.88. The Bertz CT molecular complexity index is 727. The van der Waals surface area contributed by atoms with Gasteiger partial charge in [-0.1, -0.05) is 6.42 Å². The van der Waals surface area contributed by atoms with E-state index in [1.165, 1.54) is 51.3 Å². The van der Waals surface area contributed by atoms with E-state index in [2.05, 4.69) is 14.5 Å². The highest BCUT2D eigenvalue weighted by Crippen LogP contribution is 2.33. The van der Waals surface area contributed by atoms with Crippen LogP contribution in [-0.2, 0) is 6.54 Å². The van der Waals surface area contributed by atoms with E-state index >= 15 is 0 Å². The van der Waals surface area contributed by atoms with Crippen LogP contribution in [0, 0.1) is 11.7 Å². The summed E-state index contributed by atoms with van der Waals surface area (Å²) in [6, 6.07) is 5.51. The zero-order chi connectivity index (χ0) is 17.2. The molecule has 134 valence electrons. The van der Waals surface area contributed by atoms with Gasteiger partial charge in [0, 0.05) is 25.0 Å². The van der Waals surface area contributed by atoms with Gasteiger partial charge in [0.05, 0.1) is 12.7 Å². The van der Waals surface area contributed by atoms with E-state index in [-0.39, 0.29) is 5.82 Å². The van der Waals surface area contributed by atoms with Crippen LogP contribution in [0.5, 0.6) is 5.75 Å². The summed E-state index contributed by atoms with van der Waals surface area (Å²) in [6.45, 7) is 3.39. The molecule has 1 aromatic heterocycles. The van der Waals surface area contributed by atoms with Crippen molar-refractivity contribution in [3.8, 4) is 17.1 Å². The smallest absolute Gasteiger partial charge is 0.142 e. The molecular weight excluding hydrogens is 317 g/mol. The van der Waals surface area contributed by atoms with Crippen molar-refractivity contribution in [2.75, 3.05) is 20.2 Å². The van der Waals surface area contributed by atoms with Crippen molar-refractivity contribution < 1.29 is 9.13 Å². The summed E-state index contributed by atoms with van der Waals surface area (Å²) in [5.74, 6) is 1.72. The topological polar surface area (TPSA) is 30.3 Å². The molecule has 1 aromatic carbocycles. The molecule has 0 saturated carbocycles. The van der Waals surface area contributed by atoms with Crippen LogP contribution in [0.1, 0.15) is 32.1 Å². The molecule has 0 spiro atoms. The normalized spacial score (nSPS) is 24.1. The molecule has 0 N–H and O–H groups in total. The van der Waals surface area contributed by atoms with E-state index in [0.29, 0.717) is 29.1 Å². The molecule has 0 bridgehead atoms. The molecule has 5 heteroatoms. The van der Waals surface area contributed by atoms with E-state index in [9.17, 15) is 4.39 Å². The summed E-state index contributed by atoms with van der Waals surface area (Å²) < 4.78 is 21.8. The molecule has 25 heavy (non-hydrogen) atoms. The van der Waals surface area contributed by atoms with Gasteiger partial charge in [-0.05, 0) is 62.9 Å². The number of piperidine rings is 2. The minimum Gasteiger partial charge on any atom is -0.497 e. The standard InChI is InChI=1S/C20H26FN3O/c1-25-16-7-8-18(21)17(13-16)20-22-9-12-24(20)14-15-5-4-11-23-10-3-2-6-19(15)23/h7-9,12-13,15,19H,2-6,10-11,14H2,1H3/t15-,19+/m0/s1. The summed E-state index contributed by atoms with van der Waals surface area (Å²) in [5, 5.41) is 0. The monoisotopic (exact) mass is 343 g/mol. The lowest BCUT2D eigenvalue weighted by Crippen LogP contribution is -2.49. The maximum atomic E-state index is 14.4. The number of fused-ring (bicyclic) bond motifs is 1. The molecule has 2 fully saturated rings. The molecule has 3 heterocycles. The van der Waals surface area contributed by atoms with Gasteiger partial charge in [0.2, 0.25) is 0 Å². The molecule has 2 aromatic rings. The fourth-order valence-electron chi connectivity index (χ4n) is 4.55. The number of imidazole rings is 1. The van der Waals surface area contributed by atoms with Gasteiger partial charge < -0.3 is 14.2 Å². The van der Waals surface area contributed by atoms with Crippen LogP contribution in [0.2, 0.25) is 0 Å². The SMILES string of the molecule is COc1ccc(F)c(-c2nccn2C[C@@H]2CCCN3CCCC[C@H]23)c1. The number of hydrogen-bond donors (Lipinski definition) is 0. The van der Waals surface area contributed by atoms with E-state index in [0.717, 1.165) is 6.54 Å². The number of nitrogens with zero attached hydrogens (tertiary/aromatic N) is 3. The van der Waals surface area contributed by atoms with Crippen LogP contribution in [-0.4, -0.2) is 40.7 Å². The first kappa shape index (κ1) is 16.6. The minimum absolute atomic E-state index is 0.254. The number of hydrogen-bond acceptors (Lipinski definition) is 3. The molecule has 2 aliphatic heterocycles. The summed E-state index contributed by atoms with van der Waals surface area (Å²) in [7, 11) is 1.60. The lowest BCUT2D eigenvalue weighted by atomic mass is 9.83. The van der Waals surface area contributed by atoms with Crippen molar-refractivity contribution in [2.24, 2.45) is 5.92 Å². The van der Waals surface area contributed by atoms with Crippen LogP contribution < -0.4 is 4.74 Å². The summed E-state index contributed by atoms with van der Waals surface area (Å²) >= 11 is 0. The quantitative estimate of drug-likeness (QED) is 0.842. The third kappa shape index (κ3) is 3.30. The maximum Gasteiger partial charge on any atom is 0.142 e. The second-order valence-corrected chi connectivity index (χ2v) is 7.25. The average Bonchev–Trinajstić information content (AvgIpc) is 3.10. The highest BCUT2D eigenvalue weighted by molar-refractivity contribution is 5.59. The molecular formula is C20H26FN3O. The summed E-state index contributed by atoms with van der Waals surface area (Å²) in [5.41, 5.74) is 0.514. The van der Waals surface area contributed by atoms with Gasteiger partial charge >= 0.3 is 0 Å². The van der Waals surface area contributed by atoms with Gasteiger partial charge in [-0.25, -0.2) is 9.37 Å². The Morgan fingerprint density at radius 1 is 1.20 bits per heavy atom. The molecule has 0 unspecified atom stereocenters. The first-order chi connectivity index (χ1) is 12.3. The minimum atomic E-state index is -0.254. The lowest BCUT2D eigenvalue weighted by Gasteiger charge is -2.44. The fourth-order valence-corrected chi connectivity index (χ4v) is 4.55. The van der Waals surface area contributed by atoms with Gasteiger partial charge in [-0.2, -0.15) is 0 Å². The van der Waals surface area contributed by atoms with Crippen molar-refractivity contribution in [3.63, 3.8) is 0 Å². The van der Waals surface area contributed by atoms with Crippen LogP contribution >= 0.6 is 0 Å². The fraction of sp³-hybridized carbons (Fsp3) is 0.550. The molecule has 0 radical (unpaired) electrons. The van der Waals surface area contributed by atoms with E-state index in [4.69, 9.17) is 4.74 Å². The number of aromatic nitrogens is 2. The Balaban J connectivity index is 1.59. The first-order valence-electron chi connectivity index (χ1n) is 9.35. The zero-order valence-electron chi connectivity index (χ0n) is 14.8. The Kier molecular flexibility index (Phi) is 4.75. The second kappa shape index (κ2) is 7.16. The highest BCUT2D eigenvalue weighted by Gasteiger charge is 2.33. The first-order valence-corrected chi connectivity index (χ1v) is 9.35. The molecule has 0 amide bonds. The molecule has 2 atom stereocenters. The van der Waals surface area contributed by atoms with Crippen LogP contribution in [0.25, 0.3) is 11.4 Å². The Labute approximate surface area is 148 Å². The van der Waals surface area contributed by atoms with Gasteiger partial charge in [-0.15, -0.1) is 0 Å². The number of halogens is 1. The van der Waals surface area contributed by atoms with Crippen molar-refractivity contribution >= 4 is 0 Å². The van der Waals surface area contributed by atoms with E-state index < -0.39 is 0 Å². The Morgan fingerprint density at radius 3 is 2.96 bits per heavy atom. The van der Waals surface area contributed by atoms with Gasteiger partial charge in [-0.3, -0.25) is 0 Å². The molecule has 0 aliphatic carbocycles. The molecule has 4 rings (SSSR count). The lowest BCUT2D eigenvalue weighted by molar-refractivity contribution is 0.0521. The number of benzene rings is 1. The second-order valence-electron chi connectivity index (χ2n) is 7.25. The van der Waals surface area contributed by atoms with Crippen molar-refractivity contribution in [1.82, 2.24) is 14.5 Å².